The van der Waals surface area contributed by atoms with Gasteiger partial charge in [-0.3, -0.25) is 4.79 Å². The highest BCUT2D eigenvalue weighted by Gasteiger charge is 2.32. The third-order valence-corrected chi connectivity index (χ3v) is 4.56. The number of amides is 1. The highest BCUT2D eigenvalue weighted by molar-refractivity contribution is 6.05. The lowest BCUT2D eigenvalue weighted by atomic mass is 10.0. The normalized spacial score (nSPS) is 17.6. The van der Waals surface area contributed by atoms with Crippen molar-refractivity contribution in [2.75, 3.05) is 23.8 Å². The summed E-state index contributed by atoms with van der Waals surface area (Å²) in [5.41, 5.74) is 1.70. The number of anilines is 2. The van der Waals surface area contributed by atoms with E-state index in [2.05, 4.69) is 10.6 Å². The maximum atomic E-state index is 12.6. The third-order valence-electron chi connectivity index (χ3n) is 4.56. The zero-order chi connectivity index (χ0) is 19.4. The van der Waals surface area contributed by atoms with Gasteiger partial charge in [0, 0.05) is 11.3 Å². The molecule has 28 heavy (non-hydrogen) atoms. The van der Waals surface area contributed by atoms with Crippen LogP contribution in [0.3, 0.4) is 0 Å². The van der Waals surface area contributed by atoms with E-state index in [1.165, 1.54) is 0 Å². The van der Waals surface area contributed by atoms with Crippen LogP contribution in [0.25, 0.3) is 0 Å². The fourth-order valence-corrected chi connectivity index (χ4v) is 3.05. The predicted molar refractivity (Wildman–Crippen MR) is 110 cm³/mol. The first-order valence-electron chi connectivity index (χ1n) is 9.21. The maximum absolute atomic E-state index is 12.6. The van der Waals surface area contributed by atoms with Crippen LogP contribution in [0.15, 0.2) is 78.9 Å². The molecule has 1 amide bonds. The highest BCUT2D eigenvalue weighted by atomic mass is 16.5. The van der Waals surface area contributed by atoms with Crippen molar-refractivity contribution in [3.05, 3.63) is 84.4 Å². The fraction of sp³-hybridized carbons (Fsp3) is 0.174. The highest BCUT2D eigenvalue weighted by Crippen LogP contribution is 2.34. The van der Waals surface area contributed by atoms with Crippen molar-refractivity contribution in [1.82, 2.24) is 0 Å². The predicted octanol–water partition coefficient (Wildman–Crippen LogP) is 4.58. The van der Waals surface area contributed by atoms with Gasteiger partial charge in [-0.15, -0.1) is 0 Å². The summed E-state index contributed by atoms with van der Waals surface area (Å²) in [6.45, 7) is 2.95. The minimum atomic E-state index is -0.405. The molecule has 1 unspecified atom stereocenters. The minimum Gasteiger partial charge on any atom is -0.491 e. The summed E-state index contributed by atoms with van der Waals surface area (Å²) in [6, 6.07) is 24.5. The second-order valence-electron chi connectivity index (χ2n) is 7.11. The van der Waals surface area contributed by atoms with Crippen LogP contribution in [-0.2, 0) is 0 Å². The molecule has 4 rings (SSSR count). The van der Waals surface area contributed by atoms with E-state index in [1.807, 2.05) is 79.7 Å². The van der Waals surface area contributed by atoms with Crippen LogP contribution in [-0.4, -0.2) is 24.7 Å². The van der Waals surface area contributed by atoms with Gasteiger partial charge in [0.05, 0.1) is 5.69 Å². The molecule has 0 spiro atoms. The average molecular weight is 374 g/mol. The molecular formula is C23H22N2O3. The molecule has 0 saturated carbocycles. The summed E-state index contributed by atoms with van der Waals surface area (Å²) in [5.74, 6) is 1.38. The smallest absolute Gasteiger partial charge is 0.255 e. The molecule has 3 aromatic rings. The van der Waals surface area contributed by atoms with Crippen molar-refractivity contribution in [1.29, 1.82) is 0 Å². The van der Waals surface area contributed by atoms with Crippen molar-refractivity contribution in [2.45, 2.75) is 12.5 Å². The monoisotopic (exact) mass is 374 g/mol. The van der Waals surface area contributed by atoms with Crippen LogP contribution in [0.2, 0.25) is 0 Å². The van der Waals surface area contributed by atoms with Gasteiger partial charge in [0.15, 0.2) is 0 Å². The van der Waals surface area contributed by atoms with Gasteiger partial charge in [0.25, 0.3) is 5.91 Å². The van der Waals surface area contributed by atoms with Gasteiger partial charge in [-0.1, -0.05) is 36.4 Å². The molecule has 5 heteroatoms. The van der Waals surface area contributed by atoms with Gasteiger partial charge in [-0.2, -0.15) is 0 Å². The molecule has 1 aliphatic rings. The molecule has 1 heterocycles. The Morgan fingerprint density at radius 3 is 2.54 bits per heavy atom. The van der Waals surface area contributed by atoms with Crippen LogP contribution in [0.1, 0.15) is 17.3 Å². The van der Waals surface area contributed by atoms with Gasteiger partial charge in [-0.05, 0) is 49.4 Å². The Morgan fingerprint density at radius 1 is 1.07 bits per heavy atom. The fourth-order valence-electron chi connectivity index (χ4n) is 3.05. The van der Waals surface area contributed by atoms with Crippen LogP contribution >= 0.6 is 0 Å². The molecule has 5 nitrogen and oxygen atoms in total. The first-order chi connectivity index (χ1) is 13.6. The molecule has 0 bridgehead atoms. The summed E-state index contributed by atoms with van der Waals surface area (Å²) in [4.78, 5) is 12.6. The Balaban J connectivity index is 1.46. The Hall–Kier alpha value is -3.47. The Kier molecular flexibility index (Phi) is 4.89. The number of hydrogen-bond donors (Lipinski definition) is 2. The molecule has 0 radical (unpaired) electrons. The molecule has 3 aromatic carbocycles. The van der Waals surface area contributed by atoms with E-state index in [1.54, 1.807) is 6.07 Å². The zero-order valence-electron chi connectivity index (χ0n) is 15.6. The summed E-state index contributed by atoms with van der Waals surface area (Å²) in [7, 11) is 0. The van der Waals surface area contributed by atoms with Crippen molar-refractivity contribution in [2.24, 2.45) is 0 Å². The number of hydrogen-bond acceptors (Lipinski definition) is 4. The van der Waals surface area contributed by atoms with Crippen molar-refractivity contribution in [3.63, 3.8) is 0 Å². The zero-order valence-corrected chi connectivity index (χ0v) is 15.6. The quantitative estimate of drug-likeness (QED) is 0.686. The molecular weight excluding hydrogens is 352 g/mol. The Bertz CT molecular complexity index is 960. The molecule has 1 atom stereocenters. The first-order valence-corrected chi connectivity index (χ1v) is 9.21. The Labute approximate surface area is 164 Å². The molecule has 0 aromatic heterocycles. The summed E-state index contributed by atoms with van der Waals surface area (Å²) >= 11 is 0. The summed E-state index contributed by atoms with van der Waals surface area (Å²) < 4.78 is 11.8. The number of fused-ring (bicyclic) bond motifs is 1. The number of ether oxygens (including phenoxy) is 2. The SMILES string of the molecule is CC1(COc2ccccc2)COc2ccc(C(=O)Nc3ccccc3)cc2N1. The molecule has 0 aliphatic carbocycles. The number of benzene rings is 3. The Morgan fingerprint density at radius 2 is 1.79 bits per heavy atom. The lowest BCUT2D eigenvalue weighted by molar-refractivity contribution is 0.102. The third kappa shape index (κ3) is 4.09. The van der Waals surface area contributed by atoms with Crippen LogP contribution in [0.5, 0.6) is 11.5 Å². The number of carbonyl (C=O) groups excluding carboxylic acids is 1. The summed E-state index contributed by atoms with van der Waals surface area (Å²) in [5, 5.41) is 6.37. The first kappa shape index (κ1) is 17.9. The van der Waals surface area contributed by atoms with Gasteiger partial charge in [-0.25, -0.2) is 0 Å². The van der Waals surface area contributed by atoms with Crippen LogP contribution in [0.4, 0.5) is 11.4 Å². The largest absolute Gasteiger partial charge is 0.491 e. The van der Waals surface area contributed by atoms with E-state index >= 15 is 0 Å². The van der Waals surface area contributed by atoms with Crippen molar-refractivity contribution >= 4 is 17.3 Å². The number of para-hydroxylation sites is 2. The molecule has 142 valence electrons. The second kappa shape index (κ2) is 7.64. The van der Waals surface area contributed by atoms with E-state index in [0.717, 1.165) is 22.9 Å². The molecule has 0 fully saturated rings. The van der Waals surface area contributed by atoms with Gasteiger partial charge < -0.3 is 20.1 Å². The van der Waals surface area contributed by atoms with E-state index in [0.29, 0.717) is 18.8 Å². The lowest BCUT2D eigenvalue weighted by Gasteiger charge is -2.36. The lowest BCUT2D eigenvalue weighted by Crippen LogP contribution is -2.48. The van der Waals surface area contributed by atoms with E-state index in [4.69, 9.17) is 9.47 Å². The van der Waals surface area contributed by atoms with Gasteiger partial charge in [0.1, 0.15) is 30.3 Å². The van der Waals surface area contributed by atoms with Crippen LogP contribution in [0, 0.1) is 0 Å². The van der Waals surface area contributed by atoms with Crippen molar-refractivity contribution in [3.8, 4) is 11.5 Å². The average Bonchev–Trinajstić information content (AvgIpc) is 2.73. The van der Waals surface area contributed by atoms with Gasteiger partial charge in [0.2, 0.25) is 0 Å². The van der Waals surface area contributed by atoms with Gasteiger partial charge >= 0.3 is 0 Å². The number of rotatable bonds is 5. The second-order valence-corrected chi connectivity index (χ2v) is 7.11. The molecule has 1 aliphatic heterocycles. The number of carbonyl (C=O) groups is 1. The van der Waals surface area contributed by atoms with E-state index in [9.17, 15) is 4.79 Å². The molecule has 2 N–H and O–H groups in total. The minimum absolute atomic E-state index is 0.163. The molecule has 0 saturated heterocycles. The van der Waals surface area contributed by atoms with E-state index in [-0.39, 0.29) is 5.91 Å². The van der Waals surface area contributed by atoms with Crippen molar-refractivity contribution < 1.29 is 14.3 Å². The maximum Gasteiger partial charge on any atom is 0.255 e. The number of nitrogens with one attached hydrogen (secondary N) is 2. The topological polar surface area (TPSA) is 59.6 Å². The van der Waals surface area contributed by atoms with Crippen LogP contribution < -0.4 is 20.1 Å². The van der Waals surface area contributed by atoms with E-state index < -0.39 is 5.54 Å². The standard InChI is InChI=1S/C23H22N2O3/c1-23(15-27-19-10-6-3-7-11-19)16-28-21-13-12-17(14-20(21)25-23)22(26)24-18-8-4-2-5-9-18/h2-14,25H,15-16H2,1H3,(H,24,26). The summed E-state index contributed by atoms with van der Waals surface area (Å²) in [6.07, 6.45) is 0.